The smallest absolute Gasteiger partial charge is 0.191 e. The van der Waals surface area contributed by atoms with Crippen LogP contribution in [0.15, 0.2) is 23.2 Å². The number of halogens is 2. The molecule has 0 saturated carbocycles. The molecule has 5 heteroatoms. The van der Waals surface area contributed by atoms with Crippen LogP contribution in [0, 0.1) is 17.6 Å². The van der Waals surface area contributed by atoms with Gasteiger partial charge in [0.25, 0.3) is 0 Å². The minimum absolute atomic E-state index is 0.0917. The van der Waals surface area contributed by atoms with Gasteiger partial charge in [-0.3, -0.25) is 4.99 Å². The molecule has 0 heterocycles. The van der Waals surface area contributed by atoms with Gasteiger partial charge in [-0.05, 0) is 38.3 Å². The molecule has 0 aromatic heterocycles. The summed E-state index contributed by atoms with van der Waals surface area (Å²) < 4.78 is 27.0. The lowest BCUT2D eigenvalue weighted by atomic mass is 10.1. The van der Waals surface area contributed by atoms with E-state index in [0.717, 1.165) is 6.54 Å². The van der Waals surface area contributed by atoms with Gasteiger partial charge >= 0.3 is 0 Å². The monoisotopic (exact) mass is 297 g/mol. The van der Waals surface area contributed by atoms with Crippen molar-refractivity contribution >= 4 is 5.96 Å². The molecule has 1 aromatic carbocycles. The summed E-state index contributed by atoms with van der Waals surface area (Å²) in [5, 5.41) is 6.42. The maximum absolute atomic E-state index is 13.5. The Bertz CT molecular complexity index is 452. The molecule has 1 unspecified atom stereocenters. The molecule has 0 bridgehead atoms. The van der Waals surface area contributed by atoms with E-state index >= 15 is 0 Å². The number of nitrogens with zero attached hydrogens (tertiary/aromatic N) is 1. The van der Waals surface area contributed by atoms with E-state index in [1.807, 2.05) is 6.92 Å². The van der Waals surface area contributed by atoms with Crippen molar-refractivity contribution in [2.45, 2.75) is 40.2 Å². The second kappa shape index (κ2) is 8.60. The van der Waals surface area contributed by atoms with Crippen molar-refractivity contribution in [3.8, 4) is 0 Å². The van der Waals surface area contributed by atoms with Crippen molar-refractivity contribution in [3.05, 3.63) is 35.4 Å². The first-order valence-corrected chi connectivity index (χ1v) is 7.43. The van der Waals surface area contributed by atoms with Crippen LogP contribution in [0.4, 0.5) is 8.78 Å². The summed E-state index contributed by atoms with van der Waals surface area (Å²) in [4.78, 5) is 4.37. The minimum atomic E-state index is -0.515. The molecule has 0 aliphatic heterocycles. The molecule has 2 N–H and O–H groups in total. The fraction of sp³-hybridized carbons (Fsp3) is 0.562. The van der Waals surface area contributed by atoms with Crippen LogP contribution in [0.2, 0.25) is 0 Å². The van der Waals surface area contributed by atoms with Gasteiger partial charge in [0.05, 0.1) is 0 Å². The lowest BCUT2D eigenvalue weighted by molar-refractivity contribution is 0.481. The Morgan fingerprint density at radius 2 is 1.81 bits per heavy atom. The number of guanidine groups is 1. The van der Waals surface area contributed by atoms with Gasteiger partial charge < -0.3 is 10.6 Å². The number of nitrogens with one attached hydrogen (secondary N) is 2. The minimum Gasteiger partial charge on any atom is -0.357 e. The van der Waals surface area contributed by atoms with Crippen molar-refractivity contribution in [2.75, 3.05) is 13.1 Å². The highest BCUT2D eigenvalue weighted by Crippen LogP contribution is 2.12. The van der Waals surface area contributed by atoms with Gasteiger partial charge in [0.2, 0.25) is 0 Å². The molecule has 1 aromatic rings. The highest BCUT2D eigenvalue weighted by molar-refractivity contribution is 5.80. The molecule has 1 atom stereocenters. The normalized spacial score (nSPS) is 13.4. The summed E-state index contributed by atoms with van der Waals surface area (Å²) in [6.07, 6.45) is 0.241. The first-order valence-electron chi connectivity index (χ1n) is 7.43. The number of benzene rings is 1. The third kappa shape index (κ3) is 5.69. The van der Waals surface area contributed by atoms with E-state index in [9.17, 15) is 8.78 Å². The first kappa shape index (κ1) is 17.4. The maximum Gasteiger partial charge on any atom is 0.191 e. The van der Waals surface area contributed by atoms with Crippen LogP contribution in [0.1, 0.15) is 33.3 Å². The zero-order chi connectivity index (χ0) is 15.8. The average Bonchev–Trinajstić information content (AvgIpc) is 2.42. The topological polar surface area (TPSA) is 36.4 Å². The van der Waals surface area contributed by atoms with Crippen molar-refractivity contribution in [1.82, 2.24) is 10.6 Å². The summed E-state index contributed by atoms with van der Waals surface area (Å²) in [6, 6.07) is 4.18. The van der Waals surface area contributed by atoms with E-state index < -0.39 is 11.6 Å². The van der Waals surface area contributed by atoms with Crippen LogP contribution in [-0.2, 0) is 6.42 Å². The second-order valence-electron chi connectivity index (χ2n) is 5.39. The highest BCUT2D eigenvalue weighted by Gasteiger charge is 2.10. The molecule has 118 valence electrons. The first-order chi connectivity index (χ1) is 9.95. The van der Waals surface area contributed by atoms with Gasteiger partial charge in [-0.2, -0.15) is 0 Å². The van der Waals surface area contributed by atoms with E-state index in [-0.39, 0.29) is 18.0 Å². The maximum atomic E-state index is 13.5. The Kier molecular flexibility index (Phi) is 7.12. The van der Waals surface area contributed by atoms with E-state index in [2.05, 4.69) is 36.4 Å². The molecule has 3 nitrogen and oxygen atoms in total. The fourth-order valence-corrected chi connectivity index (χ4v) is 1.75. The zero-order valence-electron chi connectivity index (χ0n) is 13.2. The van der Waals surface area contributed by atoms with Crippen molar-refractivity contribution in [2.24, 2.45) is 10.9 Å². The molecule has 0 spiro atoms. The third-order valence-electron chi connectivity index (χ3n) is 3.40. The molecule has 0 amide bonds. The van der Waals surface area contributed by atoms with E-state index in [4.69, 9.17) is 0 Å². The van der Waals surface area contributed by atoms with E-state index in [1.165, 1.54) is 18.2 Å². The molecule has 0 aliphatic carbocycles. The molecule has 1 rings (SSSR count). The molecule has 0 aliphatic rings. The Balaban J connectivity index is 2.66. The molecular formula is C16H25F2N3. The number of aliphatic imine (C=N–C) groups is 1. The second-order valence-corrected chi connectivity index (χ2v) is 5.39. The summed E-state index contributed by atoms with van der Waals surface area (Å²) in [5.74, 6) is 0.116. The van der Waals surface area contributed by atoms with Crippen LogP contribution in [0.5, 0.6) is 0 Å². The highest BCUT2D eigenvalue weighted by atomic mass is 19.1. The standard InChI is InChI=1S/C16H25F2N3/c1-5-19-16(21-12(4)11(2)3)20-10-9-13-14(17)7-6-8-15(13)18/h6-8,11-12H,5,9-10H2,1-4H3,(H2,19,20,21). The van der Waals surface area contributed by atoms with Crippen LogP contribution in [0.3, 0.4) is 0 Å². The van der Waals surface area contributed by atoms with Gasteiger partial charge in [-0.15, -0.1) is 0 Å². The van der Waals surface area contributed by atoms with Gasteiger partial charge in [0.1, 0.15) is 11.6 Å². The summed E-state index contributed by atoms with van der Waals surface area (Å²) in [5.41, 5.74) is 0.0917. The molecule has 0 radical (unpaired) electrons. The van der Waals surface area contributed by atoms with Crippen LogP contribution < -0.4 is 10.6 Å². The van der Waals surface area contributed by atoms with E-state index in [1.54, 1.807) is 0 Å². The van der Waals surface area contributed by atoms with Crippen LogP contribution in [0.25, 0.3) is 0 Å². The van der Waals surface area contributed by atoms with Gasteiger partial charge in [-0.25, -0.2) is 8.78 Å². The van der Waals surface area contributed by atoms with E-state index in [0.29, 0.717) is 18.4 Å². The quantitative estimate of drug-likeness (QED) is 0.625. The molecular weight excluding hydrogens is 272 g/mol. The summed E-state index contributed by atoms with van der Waals surface area (Å²) in [7, 11) is 0. The van der Waals surface area contributed by atoms with Gasteiger partial charge in [0, 0.05) is 24.7 Å². The average molecular weight is 297 g/mol. The van der Waals surface area contributed by atoms with Crippen molar-refractivity contribution < 1.29 is 8.78 Å². The van der Waals surface area contributed by atoms with Gasteiger partial charge in [0.15, 0.2) is 5.96 Å². The fourth-order valence-electron chi connectivity index (χ4n) is 1.75. The molecule has 21 heavy (non-hydrogen) atoms. The Morgan fingerprint density at radius 3 is 2.33 bits per heavy atom. The lowest BCUT2D eigenvalue weighted by Gasteiger charge is -2.20. The number of hydrogen-bond donors (Lipinski definition) is 2. The Labute approximate surface area is 125 Å². The Hall–Kier alpha value is -1.65. The number of rotatable bonds is 6. The summed E-state index contributed by atoms with van der Waals surface area (Å²) in [6.45, 7) is 9.37. The third-order valence-corrected chi connectivity index (χ3v) is 3.40. The predicted molar refractivity (Wildman–Crippen MR) is 83.5 cm³/mol. The largest absolute Gasteiger partial charge is 0.357 e. The van der Waals surface area contributed by atoms with Crippen LogP contribution in [-0.4, -0.2) is 25.1 Å². The Morgan fingerprint density at radius 1 is 1.19 bits per heavy atom. The lowest BCUT2D eigenvalue weighted by Crippen LogP contribution is -2.44. The molecule has 0 saturated heterocycles. The SMILES string of the molecule is CCNC(=NCCc1c(F)cccc1F)NC(C)C(C)C. The van der Waals surface area contributed by atoms with Gasteiger partial charge in [-0.1, -0.05) is 19.9 Å². The van der Waals surface area contributed by atoms with Crippen molar-refractivity contribution in [3.63, 3.8) is 0 Å². The summed E-state index contributed by atoms with van der Waals surface area (Å²) >= 11 is 0. The number of hydrogen-bond acceptors (Lipinski definition) is 1. The molecule has 0 fully saturated rings. The zero-order valence-corrected chi connectivity index (χ0v) is 13.2. The predicted octanol–water partition coefficient (Wildman–Crippen LogP) is 3.11. The van der Waals surface area contributed by atoms with Crippen LogP contribution >= 0.6 is 0 Å². The van der Waals surface area contributed by atoms with Crippen molar-refractivity contribution in [1.29, 1.82) is 0 Å².